The number of nitrogens with zero attached hydrogens (tertiary/aromatic N) is 6. The fourth-order valence-corrected chi connectivity index (χ4v) is 12.5. The molecule has 0 saturated carbocycles. The van der Waals surface area contributed by atoms with Gasteiger partial charge >= 0.3 is 12.1 Å². The van der Waals surface area contributed by atoms with Crippen LogP contribution in [-0.4, -0.2) is 182 Å². The number of piperazine rings is 1. The Morgan fingerprint density at radius 2 is 1.62 bits per heavy atom. The molecule has 3 aromatic carbocycles. The van der Waals surface area contributed by atoms with Gasteiger partial charge in [0.1, 0.15) is 30.9 Å². The topological polar surface area (TPSA) is 254 Å². The molecule has 22 nitrogen and oxygen atoms in total. The third-order valence-corrected chi connectivity index (χ3v) is 16.5. The molecule has 6 amide bonds. The first-order valence-corrected chi connectivity index (χ1v) is 28.6. The molecular weight excluding hydrogens is 1080 g/mol. The van der Waals surface area contributed by atoms with Crippen LogP contribution in [0.4, 0.5) is 20.7 Å². The molecule has 2 aromatic heterocycles. The van der Waals surface area contributed by atoms with Gasteiger partial charge in [0.25, 0.3) is 11.8 Å². The molecular formula is C61H67FN10O12. The van der Waals surface area contributed by atoms with Gasteiger partial charge in [0, 0.05) is 79.1 Å². The first kappa shape index (κ1) is 57.8. The molecule has 0 spiro atoms. The lowest BCUT2D eigenvalue weighted by atomic mass is 9.94. The van der Waals surface area contributed by atoms with E-state index in [1.54, 1.807) is 6.07 Å². The number of carbonyl (C=O) groups excluding carboxylic acids is 6. The number of terminal acetylenes is 1. The van der Waals surface area contributed by atoms with Crippen molar-refractivity contribution in [2.45, 2.75) is 88.0 Å². The number of alkyl carbamates (subject to hydrolysis) is 1. The minimum absolute atomic E-state index is 0.0165. The van der Waals surface area contributed by atoms with Crippen molar-refractivity contribution in [1.29, 1.82) is 0 Å². The van der Waals surface area contributed by atoms with Crippen LogP contribution in [0.5, 0.6) is 6.01 Å². The highest BCUT2D eigenvalue weighted by molar-refractivity contribution is 6.24. The number of benzene rings is 3. The van der Waals surface area contributed by atoms with E-state index in [2.05, 4.69) is 43.6 Å². The van der Waals surface area contributed by atoms with Crippen molar-refractivity contribution in [3.05, 3.63) is 95.0 Å². The van der Waals surface area contributed by atoms with Gasteiger partial charge in [-0.05, 0) is 75.1 Å². The second-order valence-electron chi connectivity index (χ2n) is 22.1. The third kappa shape index (κ3) is 12.3. The van der Waals surface area contributed by atoms with Crippen LogP contribution in [0, 0.1) is 25.1 Å². The Morgan fingerprint density at radius 3 is 2.37 bits per heavy atom. The molecule has 6 aliphatic rings. The Labute approximate surface area is 484 Å². The molecule has 440 valence electrons. The predicted molar refractivity (Wildman–Crippen MR) is 306 cm³/mol. The van der Waals surface area contributed by atoms with Crippen LogP contribution >= 0.6 is 0 Å². The zero-order valence-electron chi connectivity index (χ0n) is 46.8. The number of piperidine rings is 1. The number of anilines is 2. The van der Waals surface area contributed by atoms with Crippen LogP contribution in [0.3, 0.4) is 0 Å². The maximum atomic E-state index is 15.1. The number of carbonyl (C=O) groups is 6. The fourth-order valence-electron chi connectivity index (χ4n) is 12.5. The number of aryl methyl sites for hydroxylation is 1. The number of halogens is 1. The third-order valence-electron chi connectivity index (χ3n) is 16.5. The summed E-state index contributed by atoms with van der Waals surface area (Å²) in [7, 11) is 0. The number of nitrogens with one attached hydrogen (secondary N) is 4. The van der Waals surface area contributed by atoms with Crippen molar-refractivity contribution < 1.29 is 61.6 Å². The van der Waals surface area contributed by atoms with Gasteiger partial charge in [-0.2, -0.15) is 9.97 Å². The molecule has 0 radical (unpaired) electrons. The van der Waals surface area contributed by atoms with Gasteiger partial charge < -0.3 is 49.3 Å². The molecule has 5 atom stereocenters. The zero-order chi connectivity index (χ0) is 58.5. The summed E-state index contributed by atoms with van der Waals surface area (Å²) >= 11 is 0. The number of rotatable bonds is 24. The Hall–Kier alpha value is -7.98. The lowest BCUT2D eigenvalue weighted by Gasteiger charge is -2.35. The minimum atomic E-state index is -1.08. The minimum Gasteiger partial charge on any atom is -0.461 e. The first-order valence-electron chi connectivity index (χ1n) is 28.6. The maximum absolute atomic E-state index is 15.1. The van der Waals surface area contributed by atoms with E-state index in [9.17, 15) is 28.8 Å². The summed E-state index contributed by atoms with van der Waals surface area (Å²) in [5.74, 6) is 0.0604. The number of fused-ring (bicyclic) bond motifs is 6. The monoisotopic (exact) mass is 1150 g/mol. The second kappa shape index (κ2) is 25.5. The normalized spacial score (nSPS) is 21.9. The van der Waals surface area contributed by atoms with Crippen LogP contribution < -0.4 is 30.9 Å². The number of aromatic nitrogens is 3. The summed E-state index contributed by atoms with van der Waals surface area (Å²) in [6, 6.07) is 13.0. The van der Waals surface area contributed by atoms with Gasteiger partial charge in [0.05, 0.1) is 98.1 Å². The standard InChI is InChI=1S/C61H67FN10O12/c1-4-43-48(62)13-8-38-6-5-7-45(52(38)43)53-37(3)54-47(30-64-53)55(70-32-40-9-10-41(33-70)65-40)69-59(68-54)84-35-61-18-16-42(71(61)31-36(2)29-61)34-83-60(78)63-19-21-80-23-25-82-27-26-81-24-22-79-20-17-51(74)66-39-11-12-44-46(28-39)58(77)72(57(44)76)49-14-15-50(73)67-56(49)75/h1,5-8,11-13,28,30,40-42,49,65H,2,9-10,14-27,29,31-35H2,3H3,(H,63,78)(H,66,74)(H,67,73,75)/t40?,41?,42-,49?,61?/m0/s1. The summed E-state index contributed by atoms with van der Waals surface area (Å²) in [5.41, 5.74) is 4.24. The highest BCUT2D eigenvalue weighted by atomic mass is 19.1. The highest BCUT2D eigenvalue weighted by Crippen LogP contribution is 2.45. The van der Waals surface area contributed by atoms with E-state index in [1.165, 1.54) is 24.3 Å². The van der Waals surface area contributed by atoms with Crippen LogP contribution in [0.15, 0.2) is 66.9 Å². The summed E-state index contributed by atoms with van der Waals surface area (Å²) in [5, 5.41) is 13.6. The second-order valence-corrected chi connectivity index (χ2v) is 22.1. The van der Waals surface area contributed by atoms with Gasteiger partial charge in [-0.25, -0.2) is 9.18 Å². The van der Waals surface area contributed by atoms with Crippen LogP contribution in [-0.2, 0) is 38.1 Å². The van der Waals surface area contributed by atoms with Gasteiger partial charge in [0.15, 0.2) is 0 Å². The number of imide groups is 2. The largest absolute Gasteiger partial charge is 0.461 e. The molecule has 5 aromatic rings. The molecule has 11 rings (SSSR count). The van der Waals surface area contributed by atoms with Gasteiger partial charge in [-0.1, -0.05) is 42.3 Å². The quantitative estimate of drug-likeness (QED) is 0.0275. The van der Waals surface area contributed by atoms with E-state index in [-0.39, 0.29) is 99.0 Å². The lowest BCUT2D eigenvalue weighted by molar-refractivity contribution is -0.136. The molecule has 8 heterocycles. The van der Waals surface area contributed by atoms with Gasteiger partial charge in [0.2, 0.25) is 17.7 Å². The van der Waals surface area contributed by atoms with E-state index in [0.29, 0.717) is 73.9 Å². The Morgan fingerprint density at radius 1 is 0.881 bits per heavy atom. The van der Waals surface area contributed by atoms with Crippen molar-refractivity contribution in [2.24, 2.45) is 0 Å². The zero-order valence-corrected chi connectivity index (χ0v) is 46.8. The van der Waals surface area contributed by atoms with E-state index in [4.69, 9.17) is 49.8 Å². The smallest absolute Gasteiger partial charge is 0.407 e. The van der Waals surface area contributed by atoms with Crippen LogP contribution in [0.25, 0.3) is 32.9 Å². The van der Waals surface area contributed by atoms with Crippen molar-refractivity contribution in [3.8, 4) is 29.6 Å². The first-order chi connectivity index (χ1) is 40.8. The highest BCUT2D eigenvalue weighted by Gasteiger charge is 2.52. The van der Waals surface area contributed by atoms with E-state index < -0.39 is 41.6 Å². The number of hydrogen-bond acceptors (Lipinski definition) is 18. The Bertz CT molecular complexity index is 3450. The summed E-state index contributed by atoms with van der Waals surface area (Å²) in [6.07, 6.45) is 11.8. The van der Waals surface area contributed by atoms with Crippen molar-refractivity contribution in [3.63, 3.8) is 0 Å². The molecule has 2 bridgehead atoms. The summed E-state index contributed by atoms with van der Waals surface area (Å²) in [6.45, 7) is 11.5. The van der Waals surface area contributed by atoms with E-state index in [1.807, 2.05) is 31.3 Å². The molecule has 6 aliphatic heterocycles. The van der Waals surface area contributed by atoms with Gasteiger partial charge in [-0.3, -0.25) is 44.1 Å². The number of hydrogen-bond donors (Lipinski definition) is 4. The molecule has 5 fully saturated rings. The Balaban J connectivity index is 0.575. The maximum Gasteiger partial charge on any atom is 0.407 e. The van der Waals surface area contributed by atoms with Crippen molar-refractivity contribution in [1.82, 2.24) is 40.7 Å². The average Bonchev–Trinajstić information content (AvgIpc) is 1.70. The van der Waals surface area contributed by atoms with Gasteiger partial charge in [-0.15, -0.1) is 6.42 Å². The molecule has 84 heavy (non-hydrogen) atoms. The molecule has 4 N–H and O–H groups in total. The molecule has 0 aliphatic carbocycles. The Kier molecular flexibility index (Phi) is 17.5. The fraction of sp³-hybridized carbons (Fsp3) is 0.459. The number of amides is 6. The van der Waals surface area contributed by atoms with Crippen LogP contribution in [0.2, 0.25) is 0 Å². The van der Waals surface area contributed by atoms with Crippen molar-refractivity contribution >= 4 is 68.8 Å². The molecule has 4 unspecified atom stereocenters. The molecule has 5 saturated heterocycles. The lowest BCUT2D eigenvalue weighted by Crippen LogP contribution is -2.54. The summed E-state index contributed by atoms with van der Waals surface area (Å²) in [4.78, 5) is 96.0. The number of ether oxygens (including phenoxy) is 6. The van der Waals surface area contributed by atoms with E-state index >= 15 is 4.39 Å². The van der Waals surface area contributed by atoms with Crippen LogP contribution in [0.1, 0.15) is 83.2 Å². The number of pyridine rings is 1. The van der Waals surface area contributed by atoms with Crippen molar-refractivity contribution in [2.75, 3.05) is 102 Å². The molecule has 23 heteroatoms. The average molecular weight is 1150 g/mol. The predicted octanol–water partition coefficient (Wildman–Crippen LogP) is 4.98. The summed E-state index contributed by atoms with van der Waals surface area (Å²) < 4.78 is 49.8. The SMILES string of the molecule is C#Cc1c(F)ccc2cccc(-c3ncc4c(N5CC6CCC(C5)N6)nc(OCC56CC[C@@H](COC(=O)NCCOCCOCCOCCOCCC(=O)Nc7ccc8c(c7)C(=O)N(C7CCC(=O)NC7=O)C8=O)N5CC(=C)C6)nc4c3C)c12. The van der Waals surface area contributed by atoms with E-state index in [0.717, 1.165) is 83.4 Å².